The average molecular weight is 260 g/mol. The number of benzene rings is 1. The van der Waals surface area contributed by atoms with Crippen LogP contribution in [-0.2, 0) is 0 Å². The molecule has 2 fully saturated rings. The quantitative estimate of drug-likeness (QED) is 0.828. The van der Waals surface area contributed by atoms with E-state index in [1.165, 1.54) is 37.2 Å². The number of anilines is 1. The van der Waals surface area contributed by atoms with E-state index in [0.29, 0.717) is 0 Å². The molecule has 0 spiro atoms. The van der Waals surface area contributed by atoms with Gasteiger partial charge in [0.2, 0.25) is 0 Å². The summed E-state index contributed by atoms with van der Waals surface area (Å²) >= 11 is 0. The Hall–Kier alpha value is -1.22. The molecule has 1 aliphatic carbocycles. The standard InChI is InChI=1S/C16H24N2O/c1-3-19-16-12-15(5-4-13(16)2)18-10-8-17(9-11-18)14-6-7-14/h4-5,12,14H,3,6-11H2,1-2H3. The minimum Gasteiger partial charge on any atom is -0.494 e. The van der Waals surface area contributed by atoms with E-state index < -0.39 is 0 Å². The maximum atomic E-state index is 5.70. The summed E-state index contributed by atoms with van der Waals surface area (Å²) in [7, 11) is 0. The molecule has 1 aromatic carbocycles. The van der Waals surface area contributed by atoms with Crippen LogP contribution in [0.4, 0.5) is 5.69 Å². The summed E-state index contributed by atoms with van der Waals surface area (Å²) in [6.07, 6.45) is 2.83. The fourth-order valence-electron chi connectivity index (χ4n) is 2.88. The Bertz CT molecular complexity index is 434. The zero-order chi connectivity index (χ0) is 13.2. The molecule has 1 saturated heterocycles. The minimum absolute atomic E-state index is 0.736. The highest BCUT2D eigenvalue weighted by Crippen LogP contribution is 2.30. The Balaban J connectivity index is 1.66. The number of aryl methyl sites for hydroxylation is 1. The molecule has 1 saturated carbocycles. The fourth-order valence-corrected chi connectivity index (χ4v) is 2.88. The predicted octanol–water partition coefficient (Wildman–Crippen LogP) is 2.68. The molecule has 0 radical (unpaired) electrons. The van der Waals surface area contributed by atoms with E-state index in [4.69, 9.17) is 4.74 Å². The van der Waals surface area contributed by atoms with Gasteiger partial charge in [-0.25, -0.2) is 0 Å². The van der Waals surface area contributed by atoms with Crippen molar-refractivity contribution in [3.05, 3.63) is 23.8 Å². The molecule has 104 valence electrons. The third kappa shape index (κ3) is 2.86. The topological polar surface area (TPSA) is 15.7 Å². The van der Waals surface area contributed by atoms with Crippen LogP contribution in [0.3, 0.4) is 0 Å². The van der Waals surface area contributed by atoms with Gasteiger partial charge >= 0.3 is 0 Å². The van der Waals surface area contributed by atoms with Gasteiger partial charge in [0.25, 0.3) is 0 Å². The number of rotatable bonds is 4. The van der Waals surface area contributed by atoms with E-state index in [2.05, 4.69) is 34.9 Å². The van der Waals surface area contributed by atoms with Gasteiger partial charge in [-0.15, -0.1) is 0 Å². The van der Waals surface area contributed by atoms with E-state index in [0.717, 1.165) is 31.5 Å². The van der Waals surface area contributed by atoms with Gasteiger partial charge in [-0.05, 0) is 38.3 Å². The van der Waals surface area contributed by atoms with Crippen molar-refractivity contribution in [1.29, 1.82) is 0 Å². The van der Waals surface area contributed by atoms with Crippen molar-refractivity contribution in [2.24, 2.45) is 0 Å². The Morgan fingerprint density at radius 3 is 2.53 bits per heavy atom. The lowest BCUT2D eigenvalue weighted by Crippen LogP contribution is -2.47. The monoisotopic (exact) mass is 260 g/mol. The van der Waals surface area contributed by atoms with Gasteiger partial charge in [0.15, 0.2) is 0 Å². The first-order chi connectivity index (χ1) is 9.28. The molecule has 0 amide bonds. The molecule has 3 nitrogen and oxygen atoms in total. The normalized spacial score (nSPS) is 20.6. The van der Waals surface area contributed by atoms with Gasteiger partial charge in [-0.1, -0.05) is 6.07 Å². The molecule has 3 rings (SSSR count). The van der Waals surface area contributed by atoms with Crippen LogP contribution in [0.1, 0.15) is 25.3 Å². The smallest absolute Gasteiger partial charge is 0.124 e. The summed E-state index contributed by atoms with van der Waals surface area (Å²) in [4.78, 5) is 5.13. The van der Waals surface area contributed by atoms with Crippen LogP contribution in [0.2, 0.25) is 0 Å². The first-order valence-corrected chi connectivity index (χ1v) is 7.50. The number of ether oxygens (including phenoxy) is 1. The molecule has 2 aliphatic rings. The largest absolute Gasteiger partial charge is 0.494 e. The van der Waals surface area contributed by atoms with Crippen LogP contribution in [0.25, 0.3) is 0 Å². The zero-order valence-corrected chi connectivity index (χ0v) is 12.1. The molecular weight excluding hydrogens is 236 g/mol. The summed E-state index contributed by atoms with van der Waals surface area (Å²) < 4.78 is 5.70. The lowest BCUT2D eigenvalue weighted by molar-refractivity contribution is 0.248. The summed E-state index contributed by atoms with van der Waals surface area (Å²) in [6, 6.07) is 7.50. The van der Waals surface area contributed by atoms with E-state index in [1.807, 2.05) is 6.92 Å². The van der Waals surface area contributed by atoms with Crippen molar-refractivity contribution in [3.8, 4) is 5.75 Å². The average Bonchev–Trinajstić information content (AvgIpc) is 3.26. The summed E-state index contributed by atoms with van der Waals surface area (Å²) in [5.41, 5.74) is 2.53. The van der Waals surface area contributed by atoms with Gasteiger partial charge in [0, 0.05) is 44.0 Å². The summed E-state index contributed by atoms with van der Waals surface area (Å²) in [5, 5.41) is 0. The van der Waals surface area contributed by atoms with Gasteiger partial charge in [0.05, 0.1) is 6.61 Å². The third-order valence-corrected chi connectivity index (χ3v) is 4.21. The minimum atomic E-state index is 0.736. The van der Waals surface area contributed by atoms with Crippen LogP contribution in [-0.4, -0.2) is 43.7 Å². The highest BCUT2D eigenvalue weighted by Gasteiger charge is 2.31. The molecule has 0 bridgehead atoms. The number of nitrogens with zero attached hydrogens (tertiary/aromatic N) is 2. The molecule has 3 heteroatoms. The zero-order valence-electron chi connectivity index (χ0n) is 12.1. The lowest BCUT2D eigenvalue weighted by atomic mass is 10.1. The molecule has 1 aliphatic heterocycles. The van der Waals surface area contributed by atoms with Crippen LogP contribution in [0.5, 0.6) is 5.75 Å². The van der Waals surface area contributed by atoms with Crippen molar-refractivity contribution >= 4 is 5.69 Å². The van der Waals surface area contributed by atoms with Gasteiger partial charge < -0.3 is 9.64 Å². The highest BCUT2D eigenvalue weighted by atomic mass is 16.5. The Kier molecular flexibility index (Phi) is 3.65. The van der Waals surface area contributed by atoms with Gasteiger partial charge in [-0.2, -0.15) is 0 Å². The first kappa shape index (κ1) is 12.8. The number of hydrogen-bond acceptors (Lipinski definition) is 3. The van der Waals surface area contributed by atoms with Crippen LogP contribution < -0.4 is 9.64 Å². The van der Waals surface area contributed by atoms with E-state index >= 15 is 0 Å². The lowest BCUT2D eigenvalue weighted by Gasteiger charge is -2.36. The first-order valence-electron chi connectivity index (χ1n) is 7.50. The second kappa shape index (κ2) is 5.41. The van der Waals surface area contributed by atoms with Crippen LogP contribution in [0.15, 0.2) is 18.2 Å². The SMILES string of the molecule is CCOc1cc(N2CCN(C3CC3)CC2)ccc1C. The molecule has 1 aromatic rings. The van der Waals surface area contributed by atoms with E-state index in [9.17, 15) is 0 Å². The second-order valence-electron chi connectivity index (χ2n) is 5.64. The Labute approximate surface area is 116 Å². The Morgan fingerprint density at radius 1 is 1.16 bits per heavy atom. The van der Waals surface area contributed by atoms with E-state index in [1.54, 1.807) is 0 Å². The van der Waals surface area contributed by atoms with Crippen molar-refractivity contribution in [2.45, 2.75) is 32.7 Å². The third-order valence-electron chi connectivity index (χ3n) is 4.21. The Morgan fingerprint density at radius 2 is 1.89 bits per heavy atom. The van der Waals surface area contributed by atoms with Crippen molar-refractivity contribution in [1.82, 2.24) is 4.90 Å². The van der Waals surface area contributed by atoms with Gasteiger partial charge in [0.1, 0.15) is 5.75 Å². The molecule has 0 aromatic heterocycles. The molecule has 0 N–H and O–H groups in total. The van der Waals surface area contributed by atoms with E-state index in [-0.39, 0.29) is 0 Å². The van der Waals surface area contributed by atoms with Crippen molar-refractivity contribution in [3.63, 3.8) is 0 Å². The van der Waals surface area contributed by atoms with Crippen LogP contribution in [0, 0.1) is 6.92 Å². The maximum absolute atomic E-state index is 5.70. The van der Waals surface area contributed by atoms with Gasteiger partial charge in [-0.3, -0.25) is 4.90 Å². The number of hydrogen-bond donors (Lipinski definition) is 0. The molecular formula is C16H24N2O. The molecule has 1 heterocycles. The maximum Gasteiger partial charge on any atom is 0.124 e. The molecule has 0 unspecified atom stereocenters. The molecule has 0 atom stereocenters. The summed E-state index contributed by atoms with van der Waals surface area (Å²) in [5.74, 6) is 1.03. The van der Waals surface area contributed by atoms with Crippen molar-refractivity contribution in [2.75, 3.05) is 37.7 Å². The van der Waals surface area contributed by atoms with Crippen LogP contribution >= 0.6 is 0 Å². The fraction of sp³-hybridized carbons (Fsp3) is 0.625. The second-order valence-corrected chi connectivity index (χ2v) is 5.64. The number of piperazine rings is 1. The predicted molar refractivity (Wildman–Crippen MR) is 79.2 cm³/mol. The molecule has 19 heavy (non-hydrogen) atoms. The highest BCUT2D eigenvalue weighted by molar-refractivity contribution is 5.54. The summed E-state index contributed by atoms with van der Waals surface area (Å²) in [6.45, 7) is 9.60. The van der Waals surface area contributed by atoms with Crippen molar-refractivity contribution < 1.29 is 4.74 Å².